The maximum absolute atomic E-state index is 11.9. The molecule has 1 unspecified atom stereocenters. The van der Waals surface area contributed by atoms with Gasteiger partial charge in [-0.15, -0.1) is 0 Å². The summed E-state index contributed by atoms with van der Waals surface area (Å²) in [5.74, 6) is 0.427. The molecule has 1 atom stereocenters. The van der Waals surface area contributed by atoms with Gasteiger partial charge in [0.25, 0.3) is 0 Å². The van der Waals surface area contributed by atoms with E-state index in [0.717, 1.165) is 19.4 Å². The molecule has 0 bridgehead atoms. The van der Waals surface area contributed by atoms with Crippen molar-refractivity contribution in [2.24, 2.45) is 5.92 Å². The number of rotatable bonds is 4. The van der Waals surface area contributed by atoms with Crippen LogP contribution in [0.4, 0.5) is 0 Å². The van der Waals surface area contributed by atoms with E-state index in [1.165, 1.54) is 19.3 Å². The average Bonchev–Trinajstić information content (AvgIpc) is 2.12. The van der Waals surface area contributed by atoms with Crippen LogP contribution in [0.15, 0.2) is 0 Å². The van der Waals surface area contributed by atoms with Crippen LogP contribution in [0.3, 0.4) is 0 Å². The lowest BCUT2D eigenvalue weighted by molar-refractivity contribution is 0.126. The topological polar surface area (TPSA) is 58.2 Å². The average molecular weight is 260 g/mol. The Labute approximate surface area is 105 Å². The lowest BCUT2D eigenvalue weighted by Gasteiger charge is -2.48. The highest BCUT2D eigenvalue weighted by Crippen LogP contribution is 2.38. The smallest absolute Gasteiger partial charge is 0.212 e. The second kappa shape index (κ2) is 4.86. The first-order valence-corrected chi connectivity index (χ1v) is 8.31. The summed E-state index contributed by atoms with van der Waals surface area (Å²) in [5, 5.41) is 3.55. The summed E-state index contributed by atoms with van der Waals surface area (Å²) < 4.78 is 26.7. The zero-order valence-corrected chi connectivity index (χ0v) is 11.6. The van der Waals surface area contributed by atoms with Crippen LogP contribution in [0, 0.1) is 5.92 Å². The third-order valence-corrected chi connectivity index (χ3v) is 5.64. The number of hydrogen-bond acceptors (Lipinski definition) is 3. The van der Waals surface area contributed by atoms with E-state index in [1.807, 2.05) is 13.8 Å². The Kier molecular flexibility index (Phi) is 3.80. The number of sulfonamides is 1. The van der Waals surface area contributed by atoms with Crippen LogP contribution < -0.4 is 10.0 Å². The zero-order valence-electron chi connectivity index (χ0n) is 10.8. The molecular formula is C12H24N2O2S. The fourth-order valence-electron chi connectivity index (χ4n) is 2.98. The van der Waals surface area contributed by atoms with Gasteiger partial charge in [-0.3, -0.25) is 0 Å². The molecule has 0 amide bonds. The Morgan fingerprint density at radius 2 is 2.12 bits per heavy atom. The molecule has 0 aromatic heterocycles. The fourth-order valence-corrected chi connectivity index (χ4v) is 4.67. The van der Waals surface area contributed by atoms with Crippen LogP contribution in [0.1, 0.15) is 46.0 Å². The van der Waals surface area contributed by atoms with Crippen molar-refractivity contribution in [2.45, 2.75) is 57.5 Å². The predicted molar refractivity (Wildman–Crippen MR) is 69.4 cm³/mol. The summed E-state index contributed by atoms with van der Waals surface area (Å²) in [4.78, 5) is 0. The Morgan fingerprint density at radius 1 is 1.41 bits per heavy atom. The summed E-state index contributed by atoms with van der Waals surface area (Å²) >= 11 is 0. The van der Waals surface area contributed by atoms with E-state index in [-0.39, 0.29) is 23.3 Å². The molecule has 2 aliphatic rings. The minimum Gasteiger partial charge on any atom is -0.311 e. The normalized spacial score (nSPS) is 28.3. The van der Waals surface area contributed by atoms with Gasteiger partial charge in [-0.2, -0.15) is 0 Å². The molecule has 2 N–H and O–H groups in total. The molecule has 1 aliphatic carbocycles. The van der Waals surface area contributed by atoms with E-state index in [9.17, 15) is 8.42 Å². The first-order valence-electron chi connectivity index (χ1n) is 6.66. The van der Waals surface area contributed by atoms with Gasteiger partial charge in [0.15, 0.2) is 0 Å². The van der Waals surface area contributed by atoms with E-state index in [2.05, 4.69) is 10.0 Å². The molecule has 1 aliphatic heterocycles. The largest absolute Gasteiger partial charge is 0.311 e. The fraction of sp³-hybridized carbons (Fsp3) is 1.00. The maximum Gasteiger partial charge on any atom is 0.212 e. The number of nitrogens with one attached hydrogen (secondary N) is 2. The van der Waals surface area contributed by atoms with Gasteiger partial charge in [-0.05, 0) is 44.6 Å². The summed E-state index contributed by atoms with van der Waals surface area (Å²) in [6.45, 7) is 4.82. The second-order valence-electron chi connectivity index (χ2n) is 6.04. The van der Waals surface area contributed by atoms with Gasteiger partial charge in [0.2, 0.25) is 10.0 Å². The molecule has 4 nitrogen and oxygen atoms in total. The third-order valence-electron chi connectivity index (χ3n) is 3.84. The van der Waals surface area contributed by atoms with Crippen LogP contribution in [-0.4, -0.2) is 32.3 Å². The standard InChI is InChI=1S/C12H24N2O2S/c1-10(2)9-17(15,16)14-11-4-7-13-12(8-11)5-3-6-12/h10-11,13-14H,3-9H2,1-2H3. The van der Waals surface area contributed by atoms with E-state index in [4.69, 9.17) is 0 Å². The van der Waals surface area contributed by atoms with Gasteiger partial charge in [0, 0.05) is 11.6 Å². The van der Waals surface area contributed by atoms with Crippen molar-refractivity contribution in [2.75, 3.05) is 12.3 Å². The SMILES string of the molecule is CC(C)CS(=O)(=O)NC1CCNC2(CCC2)C1. The molecule has 1 spiro atoms. The van der Waals surface area contributed by atoms with Gasteiger partial charge in [-0.25, -0.2) is 13.1 Å². The van der Waals surface area contributed by atoms with Crippen molar-refractivity contribution in [3.05, 3.63) is 0 Å². The lowest BCUT2D eigenvalue weighted by Crippen LogP contribution is -2.59. The predicted octanol–water partition coefficient (Wildman–Crippen LogP) is 1.24. The Bertz CT molecular complexity index is 361. The van der Waals surface area contributed by atoms with Gasteiger partial charge >= 0.3 is 0 Å². The van der Waals surface area contributed by atoms with E-state index >= 15 is 0 Å². The first kappa shape index (κ1) is 13.3. The summed E-state index contributed by atoms with van der Waals surface area (Å²) in [6, 6.07) is 0.139. The molecular weight excluding hydrogens is 236 g/mol. The Morgan fingerprint density at radius 3 is 2.65 bits per heavy atom. The van der Waals surface area contributed by atoms with Crippen LogP contribution >= 0.6 is 0 Å². The lowest BCUT2D eigenvalue weighted by atomic mass is 9.70. The second-order valence-corrected chi connectivity index (χ2v) is 7.84. The molecule has 100 valence electrons. The minimum absolute atomic E-state index is 0.139. The van der Waals surface area contributed by atoms with Crippen molar-refractivity contribution < 1.29 is 8.42 Å². The highest BCUT2D eigenvalue weighted by Gasteiger charge is 2.41. The monoisotopic (exact) mass is 260 g/mol. The molecule has 2 fully saturated rings. The van der Waals surface area contributed by atoms with Crippen molar-refractivity contribution in [1.29, 1.82) is 0 Å². The highest BCUT2D eigenvalue weighted by molar-refractivity contribution is 7.89. The van der Waals surface area contributed by atoms with Gasteiger partial charge in [0.05, 0.1) is 5.75 Å². The highest BCUT2D eigenvalue weighted by atomic mass is 32.2. The summed E-state index contributed by atoms with van der Waals surface area (Å²) in [6.07, 6.45) is 5.56. The zero-order chi connectivity index (χ0) is 12.5. The molecule has 1 heterocycles. The molecule has 17 heavy (non-hydrogen) atoms. The van der Waals surface area contributed by atoms with Gasteiger partial charge in [-0.1, -0.05) is 13.8 Å². The van der Waals surface area contributed by atoms with Crippen LogP contribution in [0.2, 0.25) is 0 Å². The Balaban J connectivity index is 1.90. The van der Waals surface area contributed by atoms with Gasteiger partial charge in [0.1, 0.15) is 0 Å². The minimum atomic E-state index is -3.09. The number of piperidine rings is 1. The molecule has 0 radical (unpaired) electrons. The van der Waals surface area contributed by atoms with E-state index < -0.39 is 10.0 Å². The summed E-state index contributed by atoms with van der Waals surface area (Å²) in [5.41, 5.74) is 0.253. The van der Waals surface area contributed by atoms with Crippen molar-refractivity contribution in [1.82, 2.24) is 10.0 Å². The van der Waals surface area contributed by atoms with Crippen molar-refractivity contribution >= 4 is 10.0 Å². The van der Waals surface area contributed by atoms with Gasteiger partial charge < -0.3 is 5.32 Å². The van der Waals surface area contributed by atoms with E-state index in [0.29, 0.717) is 0 Å². The maximum atomic E-state index is 11.9. The molecule has 2 rings (SSSR count). The number of hydrogen-bond donors (Lipinski definition) is 2. The molecule has 0 aromatic rings. The van der Waals surface area contributed by atoms with Crippen LogP contribution in [0.25, 0.3) is 0 Å². The Hall–Kier alpha value is -0.130. The molecule has 0 aromatic carbocycles. The van der Waals surface area contributed by atoms with Crippen molar-refractivity contribution in [3.63, 3.8) is 0 Å². The first-order chi connectivity index (χ1) is 7.91. The molecule has 1 saturated carbocycles. The van der Waals surface area contributed by atoms with E-state index in [1.54, 1.807) is 0 Å². The third kappa shape index (κ3) is 3.42. The quantitative estimate of drug-likeness (QED) is 0.799. The molecule has 5 heteroatoms. The van der Waals surface area contributed by atoms with Crippen LogP contribution in [0.5, 0.6) is 0 Å². The van der Waals surface area contributed by atoms with Crippen LogP contribution in [-0.2, 0) is 10.0 Å². The van der Waals surface area contributed by atoms with Crippen molar-refractivity contribution in [3.8, 4) is 0 Å². The summed E-state index contributed by atoms with van der Waals surface area (Å²) in [7, 11) is -3.09. The molecule has 1 saturated heterocycles.